The van der Waals surface area contributed by atoms with Crippen LogP contribution in [0.2, 0.25) is 0 Å². The first-order valence-corrected chi connectivity index (χ1v) is 18.8. The lowest BCUT2D eigenvalue weighted by Crippen LogP contribution is -2.61. The highest BCUT2D eigenvalue weighted by molar-refractivity contribution is 7.93. The SMILES string of the molecule is CC(C)=C[C@H]1CCC[C@]2(NS(=O)(=O)N[C@]34CCC[C@H]3N(S(=O)(=O)c3ccccc3)c3ccccc34)c3c1cccc3N(C)[C@@H]2C#N. The molecule has 2 N–H and O–H groups in total. The van der Waals surface area contributed by atoms with Crippen molar-refractivity contribution in [1.82, 2.24) is 9.44 Å². The van der Waals surface area contributed by atoms with E-state index in [1.165, 1.54) is 9.88 Å². The van der Waals surface area contributed by atoms with Crippen LogP contribution in [0.15, 0.2) is 89.3 Å². The molecule has 7 rings (SSSR count). The molecule has 9 nitrogen and oxygen atoms in total. The molecule has 0 bridgehead atoms. The van der Waals surface area contributed by atoms with E-state index in [4.69, 9.17) is 0 Å². The number of nitrogens with zero attached hydrogens (tertiary/aromatic N) is 3. The minimum absolute atomic E-state index is 0.0985. The molecular formula is C35H39N5O4S2. The molecule has 11 heteroatoms. The average Bonchev–Trinajstić information content (AvgIpc) is 3.57. The van der Waals surface area contributed by atoms with Crippen LogP contribution in [0, 0.1) is 11.3 Å². The van der Waals surface area contributed by atoms with E-state index in [9.17, 15) is 22.1 Å². The van der Waals surface area contributed by atoms with Gasteiger partial charge in [-0.05, 0) is 81.3 Å². The van der Waals surface area contributed by atoms with Crippen molar-refractivity contribution in [3.05, 3.63) is 101 Å². The summed E-state index contributed by atoms with van der Waals surface area (Å²) >= 11 is 0. The van der Waals surface area contributed by atoms with Crippen LogP contribution in [0.5, 0.6) is 0 Å². The van der Waals surface area contributed by atoms with Crippen LogP contribution in [0.4, 0.5) is 11.4 Å². The van der Waals surface area contributed by atoms with E-state index >= 15 is 0 Å². The molecule has 2 aliphatic heterocycles. The molecule has 0 unspecified atom stereocenters. The lowest BCUT2D eigenvalue weighted by atomic mass is 9.81. The largest absolute Gasteiger partial charge is 0.357 e. The molecule has 0 amide bonds. The maximum atomic E-state index is 14.6. The van der Waals surface area contributed by atoms with Crippen molar-refractivity contribution in [2.24, 2.45) is 0 Å². The zero-order chi connectivity index (χ0) is 32.5. The van der Waals surface area contributed by atoms with E-state index in [1.54, 1.807) is 42.5 Å². The van der Waals surface area contributed by atoms with Crippen molar-refractivity contribution in [1.29, 1.82) is 5.26 Å². The summed E-state index contributed by atoms with van der Waals surface area (Å²) in [4.78, 5) is 2.05. The molecule has 3 aromatic carbocycles. The van der Waals surface area contributed by atoms with Crippen LogP contribution >= 0.6 is 0 Å². The Balaban J connectivity index is 1.33. The molecule has 1 fully saturated rings. The Hall–Kier alpha value is -3.69. The summed E-state index contributed by atoms with van der Waals surface area (Å²) in [6.07, 6.45) is 5.83. The third-order valence-electron chi connectivity index (χ3n) is 10.4. The number of sulfonamides is 1. The molecule has 0 aromatic heterocycles. The van der Waals surface area contributed by atoms with Gasteiger partial charge < -0.3 is 4.90 Å². The second-order valence-electron chi connectivity index (χ2n) is 13.3. The van der Waals surface area contributed by atoms with E-state index in [1.807, 2.05) is 36.2 Å². The number of nitriles is 1. The highest BCUT2D eigenvalue weighted by Gasteiger charge is 2.60. The van der Waals surface area contributed by atoms with Gasteiger partial charge in [0.25, 0.3) is 20.2 Å². The van der Waals surface area contributed by atoms with Crippen molar-refractivity contribution in [3.63, 3.8) is 0 Å². The number of likely N-dealkylation sites (N-methyl/N-ethyl adjacent to an activating group) is 1. The molecular weight excluding hydrogens is 619 g/mol. The fourth-order valence-corrected chi connectivity index (χ4v) is 12.2. The third kappa shape index (κ3) is 4.53. The fourth-order valence-electron chi connectivity index (χ4n) is 8.71. The number of rotatable bonds is 7. The normalized spacial score (nSPS) is 28.2. The lowest BCUT2D eigenvalue weighted by molar-refractivity contribution is 0.328. The Kier molecular flexibility index (Phi) is 7.36. The minimum Gasteiger partial charge on any atom is -0.357 e. The number of fused-ring (bicyclic) bond motifs is 3. The molecule has 0 radical (unpaired) electrons. The van der Waals surface area contributed by atoms with Gasteiger partial charge in [-0.15, -0.1) is 0 Å². The Morgan fingerprint density at radius 1 is 0.870 bits per heavy atom. The van der Waals surface area contributed by atoms with Gasteiger partial charge in [-0.25, -0.2) is 8.42 Å². The molecule has 46 heavy (non-hydrogen) atoms. The van der Waals surface area contributed by atoms with Crippen LogP contribution in [0.25, 0.3) is 0 Å². The number of nitrogens with one attached hydrogen (secondary N) is 2. The van der Waals surface area contributed by atoms with Gasteiger partial charge in [-0.3, -0.25) is 4.31 Å². The van der Waals surface area contributed by atoms with E-state index in [-0.39, 0.29) is 10.8 Å². The number of benzene rings is 3. The van der Waals surface area contributed by atoms with Crippen molar-refractivity contribution in [2.75, 3.05) is 16.3 Å². The van der Waals surface area contributed by atoms with Crippen molar-refractivity contribution < 1.29 is 16.8 Å². The highest BCUT2D eigenvalue weighted by Crippen LogP contribution is 2.56. The third-order valence-corrected chi connectivity index (χ3v) is 13.5. The second kappa shape index (κ2) is 10.9. The molecule has 3 aromatic rings. The van der Waals surface area contributed by atoms with Gasteiger partial charge in [-0.1, -0.05) is 66.6 Å². The Morgan fingerprint density at radius 3 is 2.26 bits per heavy atom. The highest BCUT2D eigenvalue weighted by atomic mass is 32.2. The summed E-state index contributed by atoms with van der Waals surface area (Å²) in [6, 6.07) is 22.5. The molecule has 2 aliphatic carbocycles. The molecule has 0 saturated heterocycles. The molecule has 2 heterocycles. The zero-order valence-corrected chi connectivity index (χ0v) is 27.9. The maximum Gasteiger partial charge on any atom is 0.278 e. The van der Waals surface area contributed by atoms with Crippen LogP contribution in [-0.2, 0) is 31.3 Å². The van der Waals surface area contributed by atoms with Crippen LogP contribution < -0.4 is 18.6 Å². The van der Waals surface area contributed by atoms with Crippen LogP contribution in [0.3, 0.4) is 0 Å². The molecule has 4 aliphatic rings. The number of hydrogen-bond acceptors (Lipinski definition) is 6. The Morgan fingerprint density at radius 2 is 1.52 bits per heavy atom. The van der Waals surface area contributed by atoms with E-state index in [2.05, 4.69) is 41.5 Å². The van der Waals surface area contributed by atoms with Gasteiger partial charge >= 0.3 is 0 Å². The Labute approximate surface area is 272 Å². The summed E-state index contributed by atoms with van der Waals surface area (Å²) < 4.78 is 65.1. The Bertz CT molecular complexity index is 1990. The summed E-state index contributed by atoms with van der Waals surface area (Å²) in [5.74, 6) is 0.0985. The van der Waals surface area contributed by atoms with Gasteiger partial charge in [0, 0.05) is 24.2 Å². The molecule has 5 atom stereocenters. The topological polar surface area (TPSA) is 123 Å². The predicted molar refractivity (Wildman–Crippen MR) is 179 cm³/mol. The zero-order valence-electron chi connectivity index (χ0n) is 26.3. The summed E-state index contributed by atoms with van der Waals surface area (Å²) in [5.41, 5.74) is 2.69. The smallest absolute Gasteiger partial charge is 0.278 e. The quantitative estimate of drug-likeness (QED) is 0.322. The van der Waals surface area contributed by atoms with Crippen molar-refractivity contribution in [3.8, 4) is 6.07 Å². The fraction of sp³-hybridized carbons (Fsp3) is 0.400. The predicted octanol–water partition coefficient (Wildman–Crippen LogP) is 5.54. The summed E-state index contributed by atoms with van der Waals surface area (Å²) in [6.45, 7) is 4.13. The molecule has 0 spiro atoms. The summed E-state index contributed by atoms with van der Waals surface area (Å²) in [5, 5.41) is 10.6. The number of hydrogen-bond donors (Lipinski definition) is 2. The first kappa shape index (κ1) is 30.9. The molecule has 1 saturated carbocycles. The first-order valence-electron chi connectivity index (χ1n) is 15.9. The van der Waals surface area contributed by atoms with E-state index in [0.717, 1.165) is 29.7 Å². The average molecular weight is 658 g/mol. The van der Waals surface area contributed by atoms with Crippen LogP contribution in [-0.4, -0.2) is 36.0 Å². The van der Waals surface area contributed by atoms with Gasteiger partial charge in [0.05, 0.1) is 33.8 Å². The van der Waals surface area contributed by atoms with Gasteiger partial charge in [0.2, 0.25) is 0 Å². The van der Waals surface area contributed by atoms with Gasteiger partial charge in [0.15, 0.2) is 0 Å². The van der Waals surface area contributed by atoms with E-state index < -0.39 is 43.4 Å². The molecule has 240 valence electrons. The number of para-hydroxylation sites is 1. The van der Waals surface area contributed by atoms with Gasteiger partial charge in [-0.2, -0.15) is 23.1 Å². The van der Waals surface area contributed by atoms with Crippen LogP contribution in [0.1, 0.15) is 75.0 Å². The first-order chi connectivity index (χ1) is 21.9. The van der Waals surface area contributed by atoms with Crippen molar-refractivity contribution >= 4 is 31.6 Å². The number of anilines is 2. The van der Waals surface area contributed by atoms with Gasteiger partial charge in [0.1, 0.15) is 6.04 Å². The standard InChI is InChI=1S/C35H39N5O4S2/c1-24(2)22-25-12-10-21-35(32(23-36)39(3)30-18-9-15-27(25)33(30)35)38-46(43,44)37-34-20-11-19-31(34)40(29-17-8-7-16-28(29)34)45(41,42)26-13-5-4-6-14-26/h4-9,13-18,22,25,31-32,37-38H,10-12,19-21H2,1-3H3/t25-,31-,32-,34+,35-/m1/s1. The second-order valence-corrected chi connectivity index (χ2v) is 16.5. The maximum absolute atomic E-state index is 14.6. The lowest BCUT2D eigenvalue weighted by Gasteiger charge is -2.38. The van der Waals surface area contributed by atoms with E-state index in [0.29, 0.717) is 36.9 Å². The minimum atomic E-state index is -4.32. The number of allylic oxidation sites excluding steroid dienone is 2. The monoisotopic (exact) mass is 657 g/mol. The summed E-state index contributed by atoms with van der Waals surface area (Å²) in [7, 11) is -6.47. The van der Waals surface area contributed by atoms with Crippen molar-refractivity contribution in [2.45, 2.75) is 86.3 Å².